The third kappa shape index (κ3) is 4.19. The van der Waals surface area contributed by atoms with E-state index in [1.807, 2.05) is 12.1 Å². The monoisotopic (exact) mass is 366 g/mol. The molecule has 2 fully saturated rings. The van der Waals surface area contributed by atoms with Gasteiger partial charge < -0.3 is 20.3 Å². The highest BCUT2D eigenvalue weighted by molar-refractivity contribution is 5.78. The van der Waals surface area contributed by atoms with Crippen molar-refractivity contribution in [2.75, 3.05) is 44.2 Å². The second-order valence-corrected chi connectivity index (χ2v) is 6.97. The number of benzene rings is 1. The second-order valence-electron chi connectivity index (χ2n) is 6.97. The smallest absolute Gasteiger partial charge is 0.225 e. The highest BCUT2D eigenvalue weighted by Crippen LogP contribution is 2.34. The summed E-state index contributed by atoms with van der Waals surface area (Å²) < 4.78 is 5.95. The van der Waals surface area contributed by atoms with Gasteiger partial charge in [0.15, 0.2) is 5.96 Å². The van der Waals surface area contributed by atoms with Gasteiger partial charge in [-0.2, -0.15) is 0 Å². The van der Waals surface area contributed by atoms with Crippen LogP contribution in [0.25, 0.3) is 0 Å². The molecule has 3 heterocycles. The summed E-state index contributed by atoms with van der Waals surface area (Å²) >= 11 is 0. The average Bonchev–Trinajstić information content (AvgIpc) is 3.22. The molecule has 4 rings (SSSR count). The van der Waals surface area contributed by atoms with Gasteiger partial charge in [-0.05, 0) is 18.1 Å². The number of guanidine groups is 1. The highest BCUT2D eigenvalue weighted by atomic mass is 16.5. The molecule has 0 aliphatic carbocycles. The molecule has 1 aromatic carbocycles. The van der Waals surface area contributed by atoms with Gasteiger partial charge in [0.25, 0.3) is 0 Å². The Morgan fingerprint density at radius 2 is 1.81 bits per heavy atom. The van der Waals surface area contributed by atoms with Crippen LogP contribution in [0.1, 0.15) is 18.1 Å². The largest absolute Gasteiger partial charge is 0.373 e. The molecule has 27 heavy (non-hydrogen) atoms. The number of aromatic nitrogens is 2. The van der Waals surface area contributed by atoms with Gasteiger partial charge >= 0.3 is 0 Å². The van der Waals surface area contributed by atoms with E-state index in [0.717, 1.165) is 45.2 Å². The molecule has 2 aliphatic heterocycles. The first-order valence-corrected chi connectivity index (χ1v) is 9.54. The van der Waals surface area contributed by atoms with Crippen LogP contribution in [0.5, 0.6) is 0 Å². The van der Waals surface area contributed by atoms with E-state index in [-0.39, 0.29) is 6.10 Å². The molecule has 2 atom stereocenters. The molecule has 0 amide bonds. The average molecular weight is 366 g/mol. The zero-order valence-electron chi connectivity index (χ0n) is 15.4. The lowest BCUT2D eigenvalue weighted by molar-refractivity contribution is 0.0925. The van der Waals surface area contributed by atoms with Crippen molar-refractivity contribution in [2.24, 2.45) is 16.6 Å². The van der Waals surface area contributed by atoms with Gasteiger partial charge in [-0.15, -0.1) is 0 Å². The maximum absolute atomic E-state index is 6.28. The van der Waals surface area contributed by atoms with E-state index in [1.54, 1.807) is 12.4 Å². The van der Waals surface area contributed by atoms with E-state index >= 15 is 0 Å². The van der Waals surface area contributed by atoms with Crippen molar-refractivity contribution >= 4 is 11.9 Å². The van der Waals surface area contributed by atoms with Crippen LogP contribution in [0.15, 0.2) is 53.8 Å². The fourth-order valence-electron chi connectivity index (χ4n) is 3.73. The summed E-state index contributed by atoms with van der Waals surface area (Å²) in [5.41, 5.74) is 7.51. The topological polar surface area (TPSA) is 79.9 Å². The molecule has 0 unspecified atom stereocenters. The lowest BCUT2D eigenvalue weighted by Gasteiger charge is -2.35. The predicted octanol–water partition coefficient (Wildman–Crippen LogP) is 1.69. The zero-order valence-corrected chi connectivity index (χ0v) is 15.4. The van der Waals surface area contributed by atoms with Crippen LogP contribution in [-0.2, 0) is 4.74 Å². The Bertz CT molecular complexity index is 746. The van der Waals surface area contributed by atoms with Crippen LogP contribution in [0.4, 0.5) is 5.95 Å². The lowest BCUT2D eigenvalue weighted by Crippen LogP contribution is -2.51. The third-order valence-corrected chi connectivity index (χ3v) is 5.27. The fourth-order valence-corrected chi connectivity index (χ4v) is 3.73. The van der Waals surface area contributed by atoms with Gasteiger partial charge in [0.2, 0.25) is 5.95 Å². The molecule has 1 aromatic heterocycles. The summed E-state index contributed by atoms with van der Waals surface area (Å²) in [6.45, 7) is 4.84. The van der Waals surface area contributed by atoms with Crippen LogP contribution in [-0.4, -0.2) is 60.2 Å². The number of hydrogen-bond donors (Lipinski definition) is 1. The highest BCUT2D eigenvalue weighted by Gasteiger charge is 2.29. The minimum Gasteiger partial charge on any atom is -0.373 e. The molecule has 2 aliphatic rings. The van der Waals surface area contributed by atoms with E-state index in [0.29, 0.717) is 18.4 Å². The number of nitrogens with zero attached hydrogens (tertiary/aromatic N) is 5. The molecule has 0 spiro atoms. The van der Waals surface area contributed by atoms with Crippen LogP contribution in [0, 0.1) is 5.92 Å². The molecule has 142 valence electrons. The van der Waals surface area contributed by atoms with Crippen molar-refractivity contribution in [3.8, 4) is 0 Å². The Morgan fingerprint density at radius 1 is 1.07 bits per heavy atom. The fraction of sp³-hybridized carbons (Fsp3) is 0.450. The first-order chi connectivity index (χ1) is 13.3. The quantitative estimate of drug-likeness (QED) is 0.655. The molecule has 7 heteroatoms. The maximum Gasteiger partial charge on any atom is 0.225 e. The normalized spacial score (nSPS) is 23.6. The number of hydrogen-bond acceptors (Lipinski definition) is 5. The summed E-state index contributed by atoms with van der Waals surface area (Å²) in [5.74, 6) is 1.79. The first-order valence-electron chi connectivity index (χ1n) is 9.54. The van der Waals surface area contributed by atoms with Crippen molar-refractivity contribution in [1.29, 1.82) is 0 Å². The van der Waals surface area contributed by atoms with Gasteiger partial charge in [-0.25, -0.2) is 9.97 Å². The number of nitrogens with two attached hydrogens (primary N) is 1. The van der Waals surface area contributed by atoms with Crippen molar-refractivity contribution < 1.29 is 4.74 Å². The van der Waals surface area contributed by atoms with Crippen molar-refractivity contribution in [3.63, 3.8) is 0 Å². The predicted molar refractivity (Wildman–Crippen MR) is 106 cm³/mol. The van der Waals surface area contributed by atoms with Gasteiger partial charge in [0.1, 0.15) is 0 Å². The van der Waals surface area contributed by atoms with Crippen molar-refractivity contribution in [2.45, 2.75) is 12.5 Å². The number of aliphatic imine (C=N–C) groups is 1. The number of ether oxygens (including phenoxy) is 1. The number of piperazine rings is 1. The van der Waals surface area contributed by atoms with Gasteiger partial charge in [0.05, 0.1) is 6.10 Å². The van der Waals surface area contributed by atoms with E-state index in [9.17, 15) is 0 Å². The minimum absolute atomic E-state index is 0.120. The third-order valence-electron chi connectivity index (χ3n) is 5.27. The summed E-state index contributed by atoms with van der Waals surface area (Å²) in [4.78, 5) is 17.7. The number of anilines is 1. The molecule has 2 N–H and O–H groups in total. The minimum atomic E-state index is 0.120. The SMILES string of the molecule is NC(=NC[C@H]1CCO[C@@H]1c1ccccc1)N1CCN(c2ncccn2)CC1. The van der Waals surface area contributed by atoms with Crippen molar-refractivity contribution in [3.05, 3.63) is 54.4 Å². The summed E-state index contributed by atoms with van der Waals surface area (Å²) in [6, 6.07) is 12.2. The Labute approximate surface area is 159 Å². The summed E-state index contributed by atoms with van der Waals surface area (Å²) in [5, 5.41) is 0. The first kappa shape index (κ1) is 17.7. The van der Waals surface area contributed by atoms with Crippen LogP contribution < -0.4 is 10.6 Å². The lowest BCUT2D eigenvalue weighted by atomic mass is 9.95. The molecule has 7 nitrogen and oxygen atoms in total. The maximum atomic E-state index is 6.28. The Morgan fingerprint density at radius 3 is 2.56 bits per heavy atom. The molecule has 0 bridgehead atoms. The molecule has 2 saturated heterocycles. The standard InChI is InChI=1S/C20H26N6O/c21-19(25-10-12-26(13-11-25)20-22-8-4-9-23-20)24-15-17-7-14-27-18(17)16-5-2-1-3-6-16/h1-6,8-9,17-18H,7,10-15H2,(H2,21,24)/t17-,18-/m1/s1. The summed E-state index contributed by atoms with van der Waals surface area (Å²) in [7, 11) is 0. The second kappa shape index (κ2) is 8.35. The van der Waals surface area contributed by atoms with Crippen LogP contribution in [0.2, 0.25) is 0 Å². The Kier molecular flexibility index (Phi) is 5.48. The molecule has 2 aromatic rings. The Hall–Kier alpha value is -2.67. The molecule has 0 radical (unpaired) electrons. The van der Waals surface area contributed by atoms with E-state index in [2.05, 4.69) is 44.0 Å². The Balaban J connectivity index is 1.32. The van der Waals surface area contributed by atoms with Gasteiger partial charge in [0, 0.05) is 57.6 Å². The molecular formula is C20H26N6O. The number of rotatable bonds is 4. The van der Waals surface area contributed by atoms with Gasteiger partial charge in [-0.3, -0.25) is 4.99 Å². The van der Waals surface area contributed by atoms with Crippen LogP contribution >= 0.6 is 0 Å². The van der Waals surface area contributed by atoms with Crippen LogP contribution in [0.3, 0.4) is 0 Å². The van der Waals surface area contributed by atoms with Gasteiger partial charge in [-0.1, -0.05) is 30.3 Å². The molecule has 0 saturated carbocycles. The van der Waals surface area contributed by atoms with E-state index in [4.69, 9.17) is 15.5 Å². The summed E-state index contributed by atoms with van der Waals surface area (Å²) in [6.07, 6.45) is 4.69. The van der Waals surface area contributed by atoms with Crippen molar-refractivity contribution in [1.82, 2.24) is 14.9 Å². The molecular weight excluding hydrogens is 340 g/mol. The van der Waals surface area contributed by atoms with E-state index < -0.39 is 0 Å². The van der Waals surface area contributed by atoms with E-state index in [1.165, 1.54) is 5.56 Å². The zero-order chi connectivity index (χ0) is 18.5.